The van der Waals surface area contributed by atoms with E-state index in [4.69, 9.17) is 11.6 Å². The lowest BCUT2D eigenvalue weighted by atomic mass is 10.2. The number of likely N-dealkylation sites (N-methyl/N-ethyl adjacent to an activating group) is 1. The highest BCUT2D eigenvalue weighted by molar-refractivity contribution is 6.33. The molecule has 1 aliphatic rings. The molecule has 1 heterocycles. The molecule has 2 aromatic rings. The number of amides is 4. The summed E-state index contributed by atoms with van der Waals surface area (Å²) >= 11 is 6.06. The molecule has 1 aliphatic heterocycles. The second kappa shape index (κ2) is 8.63. The lowest BCUT2D eigenvalue weighted by molar-refractivity contribution is -0.878. The molecule has 0 radical (unpaired) electrons. The number of imide groups is 1. The van der Waals surface area contributed by atoms with Crippen molar-refractivity contribution >= 4 is 40.8 Å². The Labute approximate surface area is 174 Å². The molecule has 0 saturated carbocycles. The quantitative estimate of drug-likeness (QED) is 0.708. The maximum atomic E-state index is 12.9. The van der Waals surface area contributed by atoms with Crippen molar-refractivity contribution in [3.63, 3.8) is 0 Å². The van der Waals surface area contributed by atoms with E-state index in [2.05, 4.69) is 5.32 Å². The van der Waals surface area contributed by atoms with Crippen LogP contribution in [0, 0.1) is 6.92 Å². The van der Waals surface area contributed by atoms with Crippen LogP contribution in [0.3, 0.4) is 0 Å². The Bertz CT molecular complexity index is 932. The molecule has 2 N–H and O–H groups in total. The molecular formula is C21H24ClN4O3+. The van der Waals surface area contributed by atoms with Gasteiger partial charge in [0, 0.05) is 5.69 Å². The van der Waals surface area contributed by atoms with Crippen molar-refractivity contribution in [3.8, 4) is 0 Å². The first-order chi connectivity index (χ1) is 13.8. The second-order valence-corrected chi connectivity index (χ2v) is 7.66. The molecule has 1 fully saturated rings. The third-order valence-electron chi connectivity index (χ3n) is 4.80. The summed E-state index contributed by atoms with van der Waals surface area (Å²) in [4.78, 5) is 41.2. The second-order valence-electron chi connectivity index (χ2n) is 7.25. The van der Waals surface area contributed by atoms with Gasteiger partial charge in [0.25, 0.3) is 11.8 Å². The Hall–Kier alpha value is -2.90. The van der Waals surface area contributed by atoms with Crippen LogP contribution < -0.4 is 15.1 Å². The first-order valence-corrected chi connectivity index (χ1v) is 9.72. The first-order valence-electron chi connectivity index (χ1n) is 9.35. The fraction of sp³-hybridized carbons (Fsp3) is 0.286. The molecular weight excluding hydrogens is 392 g/mol. The molecule has 152 valence electrons. The summed E-state index contributed by atoms with van der Waals surface area (Å²) in [7, 11) is 1.76. The van der Waals surface area contributed by atoms with Crippen molar-refractivity contribution in [1.82, 2.24) is 4.90 Å². The van der Waals surface area contributed by atoms with Gasteiger partial charge in [0.1, 0.15) is 6.04 Å². The van der Waals surface area contributed by atoms with Gasteiger partial charge in [-0.2, -0.15) is 0 Å². The monoisotopic (exact) mass is 415 g/mol. The van der Waals surface area contributed by atoms with Crippen LogP contribution in [-0.2, 0) is 9.59 Å². The van der Waals surface area contributed by atoms with E-state index < -0.39 is 6.04 Å². The summed E-state index contributed by atoms with van der Waals surface area (Å²) < 4.78 is 0. The third-order valence-corrected chi connectivity index (χ3v) is 5.13. The SMILES string of the molecule is Cc1ccc(N2C(=O)N(C[NH+](C)CC(=O)Nc3ccccc3Cl)C(=O)[C@H]2C)cc1. The molecule has 4 amide bonds. The number of quaternary nitrogens is 1. The van der Waals surface area contributed by atoms with Gasteiger partial charge >= 0.3 is 6.03 Å². The number of aryl methyl sites for hydroxylation is 1. The molecule has 0 aromatic heterocycles. The normalized spacial score (nSPS) is 17.6. The van der Waals surface area contributed by atoms with Gasteiger partial charge in [-0.1, -0.05) is 41.4 Å². The van der Waals surface area contributed by atoms with Crippen LogP contribution in [0.4, 0.5) is 16.2 Å². The number of carbonyl (C=O) groups is 3. The Morgan fingerprint density at radius 2 is 1.79 bits per heavy atom. The van der Waals surface area contributed by atoms with E-state index in [1.54, 1.807) is 38.2 Å². The van der Waals surface area contributed by atoms with E-state index in [9.17, 15) is 14.4 Å². The fourth-order valence-corrected chi connectivity index (χ4v) is 3.45. The molecule has 1 saturated heterocycles. The number of anilines is 2. The van der Waals surface area contributed by atoms with Crippen LogP contribution in [0.2, 0.25) is 5.02 Å². The lowest BCUT2D eigenvalue weighted by Crippen LogP contribution is -3.11. The molecule has 2 aromatic carbocycles. The first kappa shape index (κ1) is 20.8. The van der Waals surface area contributed by atoms with Gasteiger partial charge in [0.2, 0.25) is 0 Å². The fourth-order valence-electron chi connectivity index (χ4n) is 3.27. The third kappa shape index (κ3) is 4.58. The van der Waals surface area contributed by atoms with Gasteiger partial charge in [-0.05, 0) is 38.1 Å². The molecule has 0 bridgehead atoms. The zero-order valence-corrected chi connectivity index (χ0v) is 17.4. The summed E-state index contributed by atoms with van der Waals surface area (Å²) in [5.41, 5.74) is 2.28. The molecule has 0 spiro atoms. The topological polar surface area (TPSA) is 74.2 Å². The molecule has 29 heavy (non-hydrogen) atoms. The largest absolute Gasteiger partial charge is 0.336 e. The maximum absolute atomic E-state index is 12.9. The minimum atomic E-state index is -0.588. The van der Waals surface area contributed by atoms with Gasteiger partial charge in [0.05, 0.1) is 17.8 Å². The predicted molar refractivity (Wildman–Crippen MR) is 112 cm³/mol. The number of nitrogens with one attached hydrogen (secondary N) is 2. The molecule has 8 heteroatoms. The molecule has 1 unspecified atom stereocenters. The summed E-state index contributed by atoms with van der Waals surface area (Å²) in [5.74, 6) is -0.528. The lowest BCUT2D eigenvalue weighted by Gasteiger charge is -2.21. The summed E-state index contributed by atoms with van der Waals surface area (Å²) in [6.07, 6.45) is 0. The highest BCUT2D eigenvalue weighted by atomic mass is 35.5. The Kier molecular flexibility index (Phi) is 6.20. The van der Waals surface area contributed by atoms with Crippen molar-refractivity contribution in [2.45, 2.75) is 19.9 Å². The minimum Gasteiger partial charge on any atom is -0.320 e. The van der Waals surface area contributed by atoms with Crippen molar-refractivity contribution < 1.29 is 19.3 Å². The number of para-hydroxylation sites is 1. The number of benzene rings is 2. The van der Waals surface area contributed by atoms with E-state index in [1.165, 1.54) is 9.80 Å². The van der Waals surface area contributed by atoms with Crippen molar-refractivity contribution in [2.75, 3.05) is 30.5 Å². The number of urea groups is 1. The van der Waals surface area contributed by atoms with Crippen LogP contribution in [0.1, 0.15) is 12.5 Å². The number of carbonyl (C=O) groups excluding carboxylic acids is 3. The smallest absolute Gasteiger partial charge is 0.320 e. The highest BCUT2D eigenvalue weighted by Crippen LogP contribution is 2.25. The number of nitrogens with zero attached hydrogens (tertiary/aromatic N) is 2. The molecule has 2 atom stereocenters. The van der Waals surface area contributed by atoms with Gasteiger partial charge in [-0.3, -0.25) is 14.5 Å². The minimum absolute atomic E-state index is 0.0845. The number of halogens is 1. The Balaban J connectivity index is 1.63. The van der Waals surface area contributed by atoms with Gasteiger partial charge in [-0.25, -0.2) is 9.69 Å². The van der Waals surface area contributed by atoms with E-state index in [1.807, 2.05) is 31.2 Å². The van der Waals surface area contributed by atoms with Crippen molar-refractivity contribution in [1.29, 1.82) is 0 Å². The number of rotatable bonds is 6. The Morgan fingerprint density at radius 3 is 2.45 bits per heavy atom. The standard InChI is InChI=1S/C21H23ClN4O3/c1-14-8-10-16(11-9-14)26-15(2)20(28)25(21(26)29)13-24(3)12-19(27)23-18-7-5-4-6-17(18)22/h4-11,15H,12-13H2,1-3H3,(H,23,27)/p+1/t15-/m1/s1. The zero-order valence-electron chi connectivity index (χ0n) is 16.6. The highest BCUT2D eigenvalue weighted by Gasteiger charge is 2.44. The summed E-state index contributed by atoms with van der Waals surface area (Å²) in [6.45, 7) is 3.85. The summed E-state index contributed by atoms with van der Waals surface area (Å²) in [5, 5.41) is 3.20. The summed E-state index contributed by atoms with van der Waals surface area (Å²) in [6, 6.07) is 13.5. The van der Waals surface area contributed by atoms with Crippen LogP contribution >= 0.6 is 11.6 Å². The van der Waals surface area contributed by atoms with E-state index in [0.717, 1.165) is 5.56 Å². The molecule has 0 aliphatic carbocycles. The zero-order chi connectivity index (χ0) is 21.1. The van der Waals surface area contributed by atoms with E-state index >= 15 is 0 Å². The van der Waals surface area contributed by atoms with Gasteiger partial charge in [0.15, 0.2) is 13.2 Å². The molecule has 7 nitrogen and oxygen atoms in total. The average Bonchev–Trinajstić information content (AvgIpc) is 2.88. The van der Waals surface area contributed by atoms with E-state index in [-0.39, 0.29) is 31.1 Å². The predicted octanol–water partition coefficient (Wildman–Crippen LogP) is 1.92. The van der Waals surface area contributed by atoms with Crippen molar-refractivity contribution in [2.24, 2.45) is 0 Å². The van der Waals surface area contributed by atoms with Gasteiger partial charge in [-0.15, -0.1) is 0 Å². The van der Waals surface area contributed by atoms with E-state index in [0.29, 0.717) is 21.3 Å². The average molecular weight is 416 g/mol. The van der Waals surface area contributed by atoms with Crippen LogP contribution in [-0.4, -0.2) is 49.0 Å². The van der Waals surface area contributed by atoms with Gasteiger partial charge < -0.3 is 10.2 Å². The number of hydrogen-bond acceptors (Lipinski definition) is 3. The van der Waals surface area contributed by atoms with Crippen LogP contribution in [0.25, 0.3) is 0 Å². The number of hydrogen-bond donors (Lipinski definition) is 2. The van der Waals surface area contributed by atoms with Crippen molar-refractivity contribution in [3.05, 3.63) is 59.1 Å². The molecule has 3 rings (SSSR count). The van der Waals surface area contributed by atoms with Crippen LogP contribution in [0.15, 0.2) is 48.5 Å². The van der Waals surface area contributed by atoms with Crippen LogP contribution in [0.5, 0.6) is 0 Å². The Morgan fingerprint density at radius 1 is 1.14 bits per heavy atom. The maximum Gasteiger partial charge on any atom is 0.336 e.